The van der Waals surface area contributed by atoms with Crippen LogP contribution in [0.25, 0.3) is 11.3 Å². The molecule has 0 aliphatic rings. The number of carbonyl (C=O) groups is 1. The van der Waals surface area contributed by atoms with Crippen molar-refractivity contribution in [1.82, 2.24) is 5.43 Å². The Labute approximate surface area is 155 Å². The highest BCUT2D eigenvalue weighted by atomic mass is 16.5. The Hall–Kier alpha value is -4.05. The summed E-state index contributed by atoms with van der Waals surface area (Å²) in [6, 6.07) is 16.9. The summed E-state index contributed by atoms with van der Waals surface area (Å²) in [7, 11) is 1.46. The molecule has 0 spiro atoms. The largest absolute Gasteiger partial charge is 0.507 e. The molecule has 0 aliphatic carbocycles. The van der Waals surface area contributed by atoms with Gasteiger partial charge in [0.15, 0.2) is 0 Å². The predicted molar refractivity (Wildman–Crippen MR) is 98.6 cm³/mol. The highest BCUT2D eigenvalue weighted by Gasteiger charge is 2.11. The number of ether oxygens (including phenoxy) is 1. The molecule has 1 aromatic heterocycles. The number of amides is 1. The summed E-state index contributed by atoms with van der Waals surface area (Å²) < 4.78 is 10.6. The number of benzene rings is 2. The zero-order chi connectivity index (χ0) is 19.2. The minimum absolute atomic E-state index is 0.0658. The Morgan fingerprint density at radius 1 is 1.26 bits per heavy atom. The number of furan rings is 1. The van der Waals surface area contributed by atoms with E-state index in [0.717, 1.165) is 0 Å². The zero-order valence-electron chi connectivity index (χ0n) is 14.3. The number of phenolic OH excluding ortho intramolecular Hbond substituents is 1. The van der Waals surface area contributed by atoms with Gasteiger partial charge in [-0.15, -0.1) is 0 Å². The van der Waals surface area contributed by atoms with Gasteiger partial charge in [0.25, 0.3) is 5.91 Å². The van der Waals surface area contributed by atoms with Crippen molar-refractivity contribution in [2.24, 2.45) is 5.10 Å². The third-order valence-corrected chi connectivity index (χ3v) is 3.75. The average Bonchev–Trinajstić information content (AvgIpc) is 3.16. The first-order valence-electron chi connectivity index (χ1n) is 7.92. The molecule has 0 bridgehead atoms. The van der Waals surface area contributed by atoms with Crippen LogP contribution in [-0.2, 0) is 0 Å². The van der Waals surface area contributed by atoms with Crippen LogP contribution in [0.3, 0.4) is 0 Å². The summed E-state index contributed by atoms with van der Waals surface area (Å²) in [4.78, 5) is 12.1. The van der Waals surface area contributed by atoms with E-state index >= 15 is 0 Å². The molecule has 0 saturated carbocycles. The molecular weight excluding hydrogens is 346 g/mol. The van der Waals surface area contributed by atoms with Crippen LogP contribution >= 0.6 is 0 Å². The molecule has 2 aromatic carbocycles. The smallest absolute Gasteiger partial charge is 0.275 e. The Bertz CT molecular complexity index is 1050. The van der Waals surface area contributed by atoms with Crippen molar-refractivity contribution >= 4 is 12.1 Å². The Balaban J connectivity index is 1.70. The Morgan fingerprint density at radius 2 is 2.07 bits per heavy atom. The van der Waals surface area contributed by atoms with Crippen molar-refractivity contribution in [2.75, 3.05) is 7.11 Å². The fourth-order valence-corrected chi connectivity index (χ4v) is 2.41. The number of nitrogens with one attached hydrogen (secondary N) is 1. The van der Waals surface area contributed by atoms with Gasteiger partial charge >= 0.3 is 0 Å². The lowest BCUT2D eigenvalue weighted by molar-refractivity contribution is 0.0952. The maximum Gasteiger partial charge on any atom is 0.275 e. The molecule has 0 radical (unpaired) electrons. The van der Waals surface area contributed by atoms with Crippen molar-refractivity contribution < 1.29 is 19.1 Å². The monoisotopic (exact) mass is 361 g/mol. The van der Waals surface area contributed by atoms with E-state index in [1.807, 2.05) is 6.07 Å². The molecule has 27 heavy (non-hydrogen) atoms. The Morgan fingerprint density at radius 3 is 2.81 bits per heavy atom. The van der Waals surface area contributed by atoms with E-state index in [4.69, 9.17) is 14.4 Å². The molecule has 7 nitrogen and oxygen atoms in total. The Kier molecular flexibility index (Phi) is 5.19. The first kappa shape index (κ1) is 17.8. The van der Waals surface area contributed by atoms with E-state index in [2.05, 4.69) is 16.6 Å². The van der Waals surface area contributed by atoms with E-state index in [1.165, 1.54) is 25.5 Å². The second-order valence-electron chi connectivity index (χ2n) is 5.44. The molecule has 1 heterocycles. The number of methoxy groups -OCH3 is 1. The predicted octanol–water partition coefficient (Wildman–Crippen LogP) is 3.30. The summed E-state index contributed by atoms with van der Waals surface area (Å²) in [6.07, 6.45) is 1.33. The number of rotatable bonds is 5. The van der Waals surface area contributed by atoms with Crippen LogP contribution in [0.2, 0.25) is 0 Å². The summed E-state index contributed by atoms with van der Waals surface area (Å²) in [5, 5.41) is 22.8. The lowest BCUT2D eigenvalue weighted by Crippen LogP contribution is -2.17. The van der Waals surface area contributed by atoms with Crippen molar-refractivity contribution in [3.05, 3.63) is 71.5 Å². The molecule has 0 aliphatic heterocycles. The fourth-order valence-electron chi connectivity index (χ4n) is 2.41. The van der Waals surface area contributed by atoms with Gasteiger partial charge in [-0.05, 0) is 36.4 Å². The van der Waals surface area contributed by atoms with Crippen LogP contribution in [0.4, 0.5) is 0 Å². The summed E-state index contributed by atoms with van der Waals surface area (Å²) >= 11 is 0. The number of carbonyl (C=O) groups excluding carboxylic acids is 1. The van der Waals surface area contributed by atoms with E-state index in [9.17, 15) is 9.90 Å². The molecule has 0 atom stereocenters. The maximum absolute atomic E-state index is 12.1. The van der Waals surface area contributed by atoms with E-state index in [0.29, 0.717) is 28.4 Å². The normalized spacial score (nSPS) is 10.5. The van der Waals surface area contributed by atoms with Crippen molar-refractivity contribution in [3.63, 3.8) is 0 Å². The van der Waals surface area contributed by atoms with Gasteiger partial charge in [-0.1, -0.05) is 12.1 Å². The van der Waals surface area contributed by atoms with Gasteiger partial charge in [-0.2, -0.15) is 10.4 Å². The summed E-state index contributed by atoms with van der Waals surface area (Å²) in [6.45, 7) is 0. The second kappa shape index (κ2) is 7.89. The number of nitriles is 1. The molecule has 7 heteroatoms. The molecule has 134 valence electrons. The molecule has 0 fully saturated rings. The molecule has 1 amide bonds. The molecule has 0 saturated heterocycles. The maximum atomic E-state index is 12.1. The van der Waals surface area contributed by atoms with Gasteiger partial charge in [0.1, 0.15) is 23.0 Å². The zero-order valence-corrected chi connectivity index (χ0v) is 14.3. The van der Waals surface area contributed by atoms with Gasteiger partial charge in [-0.3, -0.25) is 4.79 Å². The minimum atomic E-state index is -0.576. The first-order chi connectivity index (χ1) is 13.1. The van der Waals surface area contributed by atoms with Gasteiger partial charge < -0.3 is 14.3 Å². The standard InChI is InChI=1S/C20H15N3O4/c1-26-14-6-8-17(18(24)10-14)20(25)23-22-12-15-7-9-19(27-15)16-5-3-2-4-13(16)11-21/h2-10,12,24H,1H3,(H,23,25)/b22-12-. The van der Waals surface area contributed by atoms with E-state index in [-0.39, 0.29) is 11.3 Å². The summed E-state index contributed by atoms with van der Waals surface area (Å²) in [5.41, 5.74) is 3.55. The third kappa shape index (κ3) is 3.96. The third-order valence-electron chi connectivity index (χ3n) is 3.75. The molecule has 2 N–H and O–H groups in total. The average molecular weight is 361 g/mol. The molecule has 0 unspecified atom stereocenters. The molecule has 3 rings (SSSR count). The quantitative estimate of drug-likeness (QED) is 0.535. The highest BCUT2D eigenvalue weighted by Crippen LogP contribution is 2.25. The number of hydrazone groups is 1. The van der Waals surface area contributed by atoms with Gasteiger partial charge in [-0.25, -0.2) is 5.43 Å². The number of nitrogens with zero attached hydrogens (tertiary/aromatic N) is 2. The van der Waals surface area contributed by atoms with Gasteiger partial charge in [0, 0.05) is 11.6 Å². The number of phenols is 1. The fraction of sp³-hybridized carbons (Fsp3) is 0.0500. The summed E-state index contributed by atoms with van der Waals surface area (Å²) in [5.74, 6) is 0.571. The van der Waals surface area contributed by atoms with Gasteiger partial charge in [0.2, 0.25) is 0 Å². The molecular formula is C20H15N3O4. The van der Waals surface area contributed by atoms with Crippen LogP contribution in [0.15, 0.2) is 64.1 Å². The second-order valence-corrected chi connectivity index (χ2v) is 5.44. The molecule has 3 aromatic rings. The van der Waals surface area contributed by atoms with Crippen LogP contribution < -0.4 is 10.2 Å². The topological polar surface area (TPSA) is 108 Å². The van der Waals surface area contributed by atoms with Crippen molar-refractivity contribution in [1.29, 1.82) is 5.26 Å². The van der Waals surface area contributed by atoms with Gasteiger partial charge in [0.05, 0.1) is 30.5 Å². The highest BCUT2D eigenvalue weighted by molar-refractivity contribution is 5.97. The first-order valence-corrected chi connectivity index (χ1v) is 7.92. The van der Waals surface area contributed by atoms with E-state index in [1.54, 1.807) is 36.4 Å². The van der Waals surface area contributed by atoms with Crippen molar-refractivity contribution in [2.45, 2.75) is 0 Å². The SMILES string of the molecule is COc1ccc(C(=O)N/N=C\c2ccc(-c3ccccc3C#N)o2)c(O)c1. The number of hydrogen-bond acceptors (Lipinski definition) is 6. The van der Waals surface area contributed by atoms with Crippen LogP contribution in [-0.4, -0.2) is 24.3 Å². The number of aromatic hydroxyl groups is 1. The van der Waals surface area contributed by atoms with Crippen LogP contribution in [0, 0.1) is 11.3 Å². The van der Waals surface area contributed by atoms with E-state index < -0.39 is 5.91 Å². The number of hydrogen-bond donors (Lipinski definition) is 2. The van der Waals surface area contributed by atoms with Crippen molar-refractivity contribution in [3.8, 4) is 28.9 Å². The minimum Gasteiger partial charge on any atom is -0.507 e. The van der Waals surface area contributed by atoms with Crippen LogP contribution in [0.5, 0.6) is 11.5 Å². The van der Waals surface area contributed by atoms with Crippen LogP contribution in [0.1, 0.15) is 21.7 Å². The lowest BCUT2D eigenvalue weighted by atomic mass is 10.1. The lowest BCUT2D eigenvalue weighted by Gasteiger charge is -2.05.